The summed E-state index contributed by atoms with van der Waals surface area (Å²) in [6.07, 6.45) is 1.48. The molecule has 0 N–H and O–H groups in total. The van der Waals surface area contributed by atoms with E-state index in [0.717, 1.165) is 11.5 Å². The van der Waals surface area contributed by atoms with E-state index in [-0.39, 0.29) is 24.7 Å². The molecule has 0 spiro atoms. The molecule has 1 aliphatic rings. The van der Waals surface area contributed by atoms with Gasteiger partial charge in [-0.3, -0.25) is 9.59 Å². The minimum Gasteiger partial charge on any atom is -0.466 e. The second-order valence-corrected chi connectivity index (χ2v) is 5.68. The number of rotatable bonds is 7. The molecule has 0 radical (unpaired) electrons. The first-order chi connectivity index (χ1) is 10.0. The molecule has 1 amide bonds. The Hall–Kier alpha value is -1.78. The van der Waals surface area contributed by atoms with Crippen LogP contribution in [0.25, 0.3) is 0 Å². The molecule has 2 unspecified atom stereocenters. The van der Waals surface area contributed by atoms with Crippen molar-refractivity contribution < 1.29 is 18.7 Å². The molecule has 5 nitrogen and oxygen atoms in total. The minimum atomic E-state index is -0.331. The van der Waals surface area contributed by atoms with Crippen LogP contribution in [0.1, 0.15) is 50.5 Å². The summed E-state index contributed by atoms with van der Waals surface area (Å²) in [4.78, 5) is 24.8. The standard InChI is InChI=1S/C16H23NO4/c1-4-20-16(19)8-7-15(18)17(3)10-12-5-6-14(21-12)13-9-11(13)2/h5-6,11,13H,4,7-10H2,1-3H3. The highest BCUT2D eigenvalue weighted by Crippen LogP contribution is 2.47. The summed E-state index contributed by atoms with van der Waals surface area (Å²) in [6, 6.07) is 3.93. The summed E-state index contributed by atoms with van der Waals surface area (Å²) < 4.78 is 10.6. The van der Waals surface area contributed by atoms with E-state index in [1.807, 2.05) is 12.1 Å². The Morgan fingerprint density at radius 3 is 2.71 bits per heavy atom. The van der Waals surface area contributed by atoms with Crippen molar-refractivity contribution in [3.8, 4) is 0 Å². The van der Waals surface area contributed by atoms with Gasteiger partial charge in [-0.1, -0.05) is 6.92 Å². The predicted molar refractivity (Wildman–Crippen MR) is 77.6 cm³/mol. The average molecular weight is 293 g/mol. The van der Waals surface area contributed by atoms with Gasteiger partial charge in [0.1, 0.15) is 11.5 Å². The van der Waals surface area contributed by atoms with Gasteiger partial charge in [-0.2, -0.15) is 0 Å². The molecule has 1 saturated carbocycles. The lowest BCUT2D eigenvalue weighted by Crippen LogP contribution is -2.26. The summed E-state index contributed by atoms with van der Waals surface area (Å²) in [5, 5.41) is 0. The van der Waals surface area contributed by atoms with Crippen molar-refractivity contribution in [3.05, 3.63) is 23.7 Å². The molecule has 0 aliphatic heterocycles. The van der Waals surface area contributed by atoms with E-state index < -0.39 is 0 Å². The van der Waals surface area contributed by atoms with Gasteiger partial charge in [0.05, 0.1) is 19.6 Å². The number of nitrogens with zero attached hydrogens (tertiary/aromatic N) is 1. The SMILES string of the molecule is CCOC(=O)CCC(=O)N(C)Cc1ccc(C2CC2C)o1. The maximum atomic E-state index is 11.9. The van der Waals surface area contributed by atoms with Crippen molar-refractivity contribution >= 4 is 11.9 Å². The third-order valence-electron chi connectivity index (χ3n) is 3.82. The highest BCUT2D eigenvalue weighted by Gasteiger charge is 2.36. The van der Waals surface area contributed by atoms with Crippen molar-refractivity contribution in [2.75, 3.05) is 13.7 Å². The quantitative estimate of drug-likeness (QED) is 0.725. The Morgan fingerprint density at radius 2 is 2.10 bits per heavy atom. The Balaban J connectivity index is 1.77. The van der Waals surface area contributed by atoms with Crippen LogP contribution in [-0.4, -0.2) is 30.4 Å². The van der Waals surface area contributed by atoms with Crippen LogP contribution in [0.15, 0.2) is 16.5 Å². The molecule has 21 heavy (non-hydrogen) atoms. The van der Waals surface area contributed by atoms with Gasteiger partial charge in [0.25, 0.3) is 0 Å². The monoisotopic (exact) mass is 293 g/mol. The molecule has 1 aromatic heterocycles. The normalized spacial score (nSPS) is 20.1. The summed E-state index contributed by atoms with van der Waals surface area (Å²) >= 11 is 0. The minimum absolute atomic E-state index is 0.0826. The van der Waals surface area contributed by atoms with Gasteiger partial charge < -0.3 is 14.1 Å². The van der Waals surface area contributed by atoms with Crippen LogP contribution in [0.5, 0.6) is 0 Å². The van der Waals surface area contributed by atoms with Gasteiger partial charge >= 0.3 is 5.97 Å². The molecule has 1 aromatic rings. The molecular formula is C16H23NO4. The summed E-state index contributed by atoms with van der Waals surface area (Å²) in [5.41, 5.74) is 0. The van der Waals surface area contributed by atoms with Crippen molar-refractivity contribution in [3.63, 3.8) is 0 Å². The van der Waals surface area contributed by atoms with E-state index in [2.05, 4.69) is 6.92 Å². The molecular weight excluding hydrogens is 270 g/mol. The Kier molecular flexibility index (Phi) is 5.04. The molecule has 1 heterocycles. The molecule has 5 heteroatoms. The van der Waals surface area contributed by atoms with Crippen molar-refractivity contribution in [2.24, 2.45) is 5.92 Å². The molecule has 0 saturated heterocycles. The third-order valence-corrected chi connectivity index (χ3v) is 3.82. The van der Waals surface area contributed by atoms with E-state index in [9.17, 15) is 9.59 Å². The summed E-state index contributed by atoms with van der Waals surface area (Å²) in [7, 11) is 1.72. The number of hydrogen-bond donors (Lipinski definition) is 0. The molecule has 0 bridgehead atoms. The lowest BCUT2D eigenvalue weighted by molar-refractivity contribution is -0.145. The zero-order valence-electron chi connectivity index (χ0n) is 12.9. The number of hydrogen-bond acceptors (Lipinski definition) is 4. The molecule has 116 valence electrons. The zero-order valence-corrected chi connectivity index (χ0v) is 12.9. The van der Waals surface area contributed by atoms with Crippen molar-refractivity contribution in [1.82, 2.24) is 4.90 Å². The van der Waals surface area contributed by atoms with Crippen molar-refractivity contribution in [1.29, 1.82) is 0 Å². The highest BCUT2D eigenvalue weighted by atomic mass is 16.5. The second-order valence-electron chi connectivity index (χ2n) is 5.68. The van der Waals surface area contributed by atoms with Gasteiger partial charge in [-0.25, -0.2) is 0 Å². The molecule has 0 aromatic carbocycles. The lowest BCUT2D eigenvalue weighted by Gasteiger charge is -2.15. The van der Waals surface area contributed by atoms with Crippen LogP contribution in [-0.2, 0) is 20.9 Å². The fraction of sp³-hybridized carbons (Fsp3) is 0.625. The van der Waals surface area contributed by atoms with Crippen LogP contribution in [0.4, 0.5) is 0 Å². The van der Waals surface area contributed by atoms with Gasteiger partial charge in [0, 0.05) is 19.4 Å². The molecule has 1 fully saturated rings. The summed E-state index contributed by atoms with van der Waals surface area (Å²) in [5.74, 6) is 2.64. The first-order valence-electron chi connectivity index (χ1n) is 7.49. The summed E-state index contributed by atoms with van der Waals surface area (Å²) in [6.45, 7) is 4.74. The van der Waals surface area contributed by atoms with E-state index in [1.54, 1.807) is 18.9 Å². The Bertz CT molecular complexity index is 508. The maximum absolute atomic E-state index is 11.9. The van der Waals surface area contributed by atoms with Gasteiger partial charge in [-0.05, 0) is 31.4 Å². The van der Waals surface area contributed by atoms with Crippen LogP contribution >= 0.6 is 0 Å². The topological polar surface area (TPSA) is 59.8 Å². The number of ether oxygens (including phenoxy) is 1. The Morgan fingerprint density at radius 1 is 1.38 bits per heavy atom. The van der Waals surface area contributed by atoms with Crippen LogP contribution < -0.4 is 0 Å². The molecule has 1 aliphatic carbocycles. The fourth-order valence-electron chi connectivity index (χ4n) is 2.35. The van der Waals surface area contributed by atoms with Crippen LogP contribution in [0.2, 0.25) is 0 Å². The van der Waals surface area contributed by atoms with E-state index in [1.165, 1.54) is 6.42 Å². The van der Waals surface area contributed by atoms with Gasteiger partial charge in [0.15, 0.2) is 0 Å². The van der Waals surface area contributed by atoms with Gasteiger partial charge in [-0.15, -0.1) is 0 Å². The number of furan rings is 1. The van der Waals surface area contributed by atoms with E-state index in [4.69, 9.17) is 9.15 Å². The smallest absolute Gasteiger partial charge is 0.306 e. The largest absolute Gasteiger partial charge is 0.466 e. The van der Waals surface area contributed by atoms with Gasteiger partial charge in [0.2, 0.25) is 5.91 Å². The second kappa shape index (κ2) is 6.78. The number of esters is 1. The highest BCUT2D eigenvalue weighted by molar-refractivity contribution is 5.81. The van der Waals surface area contributed by atoms with Crippen LogP contribution in [0, 0.1) is 5.92 Å². The first kappa shape index (κ1) is 15.6. The maximum Gasteiger partial charge on any atom is 0.306 e. The first-order valence-corrected chi connectivity index (χ1v) is 7.49. The average Bonchev–Trinajstić information content (AvgIpc) is 2.99. The predicted octanol–water partition coefficient (Wildman–Crippen LogP) is 2.70. The number of carbonyl (C=O) groups excluding carboxylic acids is 2. The van der Waals surface area contributed by atoms with Crippen molar-refractivity contribution in [2.45, 2.75) is 45.6 Å². The van der Waals surface area contributed by atoms with E-state index >= 15 is 0 Å². The Labute approximate surface area is 125 Å². The molecule has 2 rings (SSSR count). The zero-order chi connectivity index (χ0) is 15.4. The molecule has 2 atom stereocenters. The van der Waals surface area contributed by atoms with E-state index in [0.29, 0.717) is 25.0 Å². The number of carbonyl (C=O) groups is 2. The third kappa shape index (κ3) is 4.34. The van der Waals surface area contributed by atoms with Crippen LogP contribution in [0.3, 0.4) is 0 Å². The fourth-order valence-corrected chi connectivity index (χ4v) is 2.35. The number of amides is 1. The lowest BCUT2D eigenvalue weighted by atomic mass is 10.2.